The van der Waals surface area contributed by atoms with Gasteiger partial charge in [0.1, 0.15) is 17.1 Å². The van der Waals surface area contributed by atoms with Gasteiger partial charge < -0.3 is 14.5 Å². The average Bonchev–Trinajstić information content (AvgIpc) is 3.11. The monoisotopic (exact) mass is 392 g/mol. The van der Waals surface area contributed by atoms with Gasteiger partial charge in [-0.15, -0.1) is 10.2 Å². The number of carbonyl (C=O) groups excluding carboxylic acids is 1. The van der Waals surface area contributed by atoms with Gasteiger partial charge in [-0.3, -0.25) is 4.79 Å². The summed E-state index contributed by atoms with van der Waals surface area (Å²) in [5.74, 6) is 0.0731. The highest BCUT2D eigenvalue weighted by atomic mass is 32.2. The first-order valence-corrected chi connectivity index (χ1v) is 9.32. The summed E-state index contributed by atoms with van der Waals surface area (Å²) in [4.78, 5) is 12.1. The molecule has 0 spiro atoms. The molecule has 2 aromatic rings. The maximum absolute atomic E-state index is 12.9. The number of benzene rings is 1. The van der Waals surface area contributed by atoms with E-state index in [1.807, 2.05) is 13.8 Å². The van der Waals surface area contributed by atoms with Gasteiger partial charge in [-0.1, -0.05) is 25.6 Å². The summed E-state index contributed by atoms with van der Waals surface area (Å²) in [5.41, 5.74) is -0.935. The van der Waals surface area contributed by atoms with Gasteiger partial charge in [0.2, 0.25) is 5.91 Å². The van der Waals surface area contributed by atoms with Gasteiger partial charge in [0.25, 0.3) is 11.1 Å². The molecule has 2 atom stereocenters. The number of carbonyl (C=O) groups is 1. The molecular weight excluding hydrogens is 371 g/mol. The minimum Gasteiger partial charge on any atom is -0.481 e. The fraction of sp³-hybridized carbons (Fsp3) is 0.444. The average molecular weight is 392 g/mol. The zero-order chi connectivity index (χ0) is 20.0. The summed E-state index contributed by atoms with van der Waals surface area (Å²) in [6.45, 7) is 7.13. The van der Waals surface area contributed by atoms with Crippen LogP contribution in [0, 0.1) is 23.1 Å². The zero-order valence-electron chi connectivity index (χ0n) is 15.5. The molecule has 1 N–H and O–H groups in total. The second-order valence-corrected chi connectivity index (χ2v) is 7.35. The lowest BCUT2D eigenvalue weighted by Gasteiger charge is -2.27. The van der Waals surface area contributed by atoms with Crippen molar-refractivity contribution in [3.05, 3.63) is 36.0 Å². The Morgan fingerprint density at radius 1 is 1.37 bits per heavy atom. The van der Waals surface area contributed by atoms with Crippen LogP contribution >= 0.6 is 11.8 Å². The van der Waals surface area contributed by atoms with Crippen LogP contribution < -0.4 is 10.1 Å². The maximum Gasteiger partial charge on any atom is 0.277 e. The van der Waals surface area contributed by atoms with Crippen LogP contribution in [0.1, 0.15) is 39.7 Å². The van der Waals surface area contributed by atoms with Crippen LogP contribution in [0.4, 0.5) is 4.39 Å². The fourth-order valence-electron chi connectivity index (χ4n) is 1.97. The number of aromatic nitrogens is 2. The first-order chi connectivity index (χ1) is 12.7. The number of amides is 1. The normalized spacial score (nSPS) is 14.3. The lowest BCUT2D eigenvalue weighted by molar-refractivity contribution is -0.120. The van der Waals surface area contributed by atoms with E-state index in [1.165, 1.54) is 24.3 Å². The summed E-state index contributed by atoms with van der Waals surface area (Å²) in [7, 11) is 0. The Hall–Kier alpha value is -2.60. The van der Waals surface area contributed by atoms with E-state index in [9.17, 15) is 14.4 Å². The maximum atomic E-state index is 12.9. The number of nitriles is 1. The second-order valence-electron chi connectivity index (χ2n) is 6.43. The number of ether oxygens (including phenoxy) is 1. The molecule has 1 aromatic carbocycles. The third-order valence-corrected chi connectivity index (χ3v) is 4.83. The van der Waals surface area contributed by atoms with Crippen molar-refractivity contribution in [2.75, 3.05) is 5.75 Å². The molecule has 0 unspecified atom stereocenters. The summed E-state index contributed by atoms with van der Waals surface area (Å²) < 4.78 is 24.0. The second kappa shape index (κ2) is 8.86. The van der Waals surface area contributed by atoms with Crippen molar-refractivity contribution in [3.8, 4) is 11.8 Å². The van der Waals surface area contributed by atoms with E-state index in [2.05, 4.69) is 21.6 Å². The molecule has 0 aliphatic carbocycles. The van der Waals surface area contributed by atoms with Crippen LogP contribution in [0.15, 0.2) is 33.9 Å². The lowest BCUT2D eigenvalue weighted by atomic mass is 9.90. The number of nitrogens with one attached hydrogen (secondary N) is 1. The Morgan fingerprint density at radius 2 is 2.04 bits per heavy atom. The third-order valence-electron chi connectivity index (χ3n) is 4.01. The molecular formula is C18H21FN4O3S. The van der Waals surface area contributed by atoms with Crippen LogP contribution in [0.3, 0.4) is 0 Å². The summed E-state index contributed by atoms with van der Waals surface area (Å²) in [5, 5.41) is 20.0. The van der Waals surface area contributed by atoms with Crippen molar-refractivity contribution in [2.24, 2.45) is 5.92 Å². The topological polar surface area (TPSA) is 101 Å². The number of hydrogen-bond acceptors (Lipinski definition) is 7. The molecule has 1 heterocycles. The smallest absolute Gasteiger partial charge is 0.277 e. The predicted molar refractivity (Wildman–Crippen MR) is 97.5 cm³/mol. The van der Waals surface area contributed by atoms with Gasteiger partial charge in [-0.05, 0) is 44.0 Å². The Morgan fingerprint density at radius 3 is 2.63 bits per heavy atom. The Bertz CT molecular complexity index is 819. The van der Waals surface area contributed by atoms with E-state index < -0.39 is 11.6 Å². The Kier molecular flexibility index (Phi) is 6.80. The van der Waals surface area contributed by atoms with Crippen molar-refractivity contribution in [2.45, 2.75) is 44.6 Å². The molecule has 0 aliphatic heterocycles. The molecule has 2 rings (SSSR count). The molecule has 0 saturated carbocycles. The van der Waals surface area contributed by atoms with E-state index in [4.69, 9.17) is 9.15 Å². The molecule has 7 nitrogen and oxygen atoms in total. The number of halogens is 1. The highest BCUT2D eigenvalue weighted by molar-refractivity contribution is 7.99. The molecule has 1 aromatic heterocycles. The van der Waals surface area contributed by atoms with Gasteiger partial charge in [0.05, 0.1) is 11.8 Å². The molecule has 0 bridgehead atoms. The lowest BCUT2D eigenvalue weighted by Crippen LogP contribution is -2.49. The summed E-state index contributed by atoms with van der Waals surface area (Å²) in [6, 6.07) is 7.71. The summed E-state index contributed by atoms with van der Waals surface area (Å²) >= 11 is 1.07. The van der Waals surface area contributed by atoms with Crippen molar-refractivity contribution < 1.29 is 18.3 Å². The van der Waals surface area contributed by atoms with E-state index in [1.54, 1.807) is 13.8 Å². The number of rotatable bonds is 8. The van der Waals surface area contributed by atoms with Gasteiger partial charge in [-0.2, -0.15) is 5.26 Å². The highest BCUT2D eigenvalue weighted by Crippen LogP contribution is 2.24. The minimum absolute atomic E-state index is 0.0316. The van der Waals surface area contributed by atoms with Gasteiger partial charge in [0, 0.05) is 0 Å². The van der Waals surface area contributed by atoms with Crippen molar-refractivity contribution >= 4 is 17.7 Å². The zero-order valence-corrected chi connectivity index (χ0v) is 16.3. The van der Waals surface area contributed by atoms with E-state index >= 15 is 0 Å². The Balaban J connectivity index is 1.89. The fourth-order valence-corrected chi connectivity index (χ4v) is 2.53. The van der Waals surface area contributed by atoms with Crippen LogP contribution in [0.2, 0.25) is 0 Å². The van der Waals surface area contributed by atoms with Crippen LogP contribution in [0.5, 0.6) is 5.75 Å². The Labute approximate surface area is 161 Å². The largest absolute Gasteiger partial charge is 0.481 e. The third kappa shape index (κ3) is 5.69. The van der Waals surface area contributed by atoms with Gasteiger partial charge in [-0.25, -0.2) is 4.39 Å². The van der Waals surface area contributed by atoms with Crippen LogP contribution in [-0.2, 0) is 4.79 Å². The summed E-state index contributed by atoms with van der Waals surface area (Å²) in [6.07, 6.45) is -0.533. The molecule has 9 heteroatoms. The van der Waals surface area contributed by atoms with Crippen molar-refractivity contribution in [1.29, 1.82) is 5.26 Å². The minimum atomic E-state index is -0.935. The first kappa shape index (κ1) is 20.7. The molecule has 27 heavy (non-hydrogen) atoms. The van der Waals surface area contributed by atoms with Crippen LogP contribution in [0.25, 0.3) is 0 Å². The number of thioether (sulfide) groups is 1. The number of nitrogens with zero attached hydrogens (tertiary/aromatic N) is 3. The van der Waals surface area contributed by atoms with E-state index in [-0.39, 0.29) is 34.5 Å². The van der Waals surface area contributed by atoms with Crippen LogP contribution in [-0.4, -0.2) is 27.4 Å². The first-order valence-electron chi connectivity index (χ1n) is 8.34. The molecule has 0 fully saturated rings. The van der Waals surface area contributed by atoms with Gasteiger partial charge >= 0.3 is 0 Å². The molecule has 0 saturated heterocycles. The molecule has 1 amide bonds. The number of hydrogen-bond donors (Lipinski definition) is 1. The van der Waals surface area contributed by atoms with Gasteiger partial charge in [0.15, 0.2) is 6.10 Å². The predicted octanol–water partition coefficient (Wildman–Crippen LogP) is 3.50. The van der Waals surface area contributed by atoms with Crippen molar-refractivity contribution in [3.63, 3.8) is 0 Å². The quantitative estimate of drug-likeness (QED) is 0.686. The molecule has 0 radical (unpaired) electrons. The van der Waals surface area contributed by atoms with E-state index in [0.717, 1.165) is 11.8 Å². The van der Waals surface area contributed by atoms with Crippen molar-refractivity contribution in [1.82, 2.24) is 15.5 Å². The molecule has 0 aliphatic rings. The molecule has 144 valence electrons. The van der Waals surface area contributed by atoms with E-state index in [0.29, 0.717) is 5.75 Å². The standard InChI is InChI=1S/C18H21FN4O3S/c1-11(2)18(4,10-20)21-15(24)9-27-17-23-22-16(26-17)12(3)25-14-7-5-13(19)6-8-14/h5-8,11-12H,9H2,1-4H3,(H,21,24)/t12-,18-/m0/s1. The SMILES string of the molecule is CC(C)[C@](C)(C#N)NC(=O)CSc1nnc([C@H](C)Oc2ccc(F)cc2)o1. The highest BCUT2D eigenvalue weighted by Gasteiger charge is 2.30.